The summed E-state index contributed by atoms with van der Waals surface area (Å²) in [6.45, 7) is 1.95. The third kappa shape index (κ3) is 9.32. The van der Waals surface area contributed by atoms with Crippen LogP contribution in [-0.4, -0.2) is 118 Å². The Balaban J connectivity index is 0.00000126. The maximum absolute atomic E-state index is 13.3. The van der Waals surface area contributed by atoms with Crippen LogP contribution in [0.4, 0.5) is 16.6 Å². The van der Waals surface area contributed by atoms with Crippen molar-refractivity contribution in [2.45, 2.75) is 37.4 Å². The molecule has 0 aromatic carbocycles. The fraction of sp³-hybridized carbons (Fsp3) is 0.435. The first-order valence-corrected chi connectivity index (χ1v) is 17.1. The van der Waals surface area contributed by atoms with E-state index >= 15 is 0 Å². The minimum absolute atomic E-state index is 0.00353. The SMILES string of the molecule is CC(O/N=C(/C(=O)N[C@@H]1C(=O)N2C(C(=O)O)=C(C[n+]3cc(N(CCCN)C(=N)N)c(N)n3C)CSC12)c1nsc(N)n1)C(=O)O.O=S(=O)([O-])O. The fourth-order valence-corrected chi connectivity index (χ4v) is 6.25. The number of nitrogens with zero attached hydrogens (tertiary/aromatic N) is 7. The van der Waals surface area contributed by atoms with Gasteiger partial charge in [-0.3, -0.25) is 24.5 Å². The van der Waals surface area contributed by atoms with Crippen LogP contribution in [0.3, 0.4) is 0 Å². The number of carboxylic acid groups (broad SMARTS) is 2. The van der Waals surface area contributed by atoms with Gasteiger partial charge in [0.25, 0.3) is 11.8 Å². The molecule has 3 atom stereocenters. The maximum atomic E-state index is 13.3. The topological polar surface area (TPSA) is 389 Å². The number of hydrogen-bond donors (Lipinski definition) is 9. The molecule has 4 heterocycles. The number of nitrogens with one attached hydrogen (secondary N) is 2. The molecule has 2 aliphatic heterocycles. The van der Waals surface area contributed by atoms with Crippen LogP contribution in [0.5, 0.6) is 0 Å². The molecule has 0 saturated carbocycles. The smallest absolute Gasteiger partial charge is 0.352 e. The van der Waals surface area contributed by atoms with E-state index in [1.165, 1.54) is 23.6 Å². The first-order chi connectivity index (χ1) is 23.3. The first-order valence-electron chi connectivity index (χ1n) is 13.9. The zero-order valence-corrected chi connectivity index (χ0v) is 28.6. The lowest BCUT2D eigenvalue weighted by molar-refractivity contribution is -0.765. The molecular formula is C23H33N13O11S3. The fourth-order valence-electron chi connectivity index (χ4n) is 4.48. The Morgan fingerprint density at radius 1 is 1.34 bits per heavy atom. The van der Waals surface area contributed by atoms with E-state index in [1.54, 1.807) is 22.6 Å². The van der Waals surface area contributed by atoms with Gasteiger partial charge in [-0.15, -0.1) is 21.1 Å². The quantitative estimate of drug-likeness (QED) is 0.0178. The van der Waals surface area contributed by atoms with Crippen molar-refractivity contribution >= 4 is 85.8 Å². The van der Waals surface area contributed by atoms with Crippen molar-refractivity contribution in [3.05, 3.63) is 23.3 Å². The highest BCUT2D eigenvalue weighted by atomic mass is 32.3. The summed E-state index contributed by atoms with van der Waals surface area (Å²) in [5, 5.41) is 32.5. The van der Waals surface area contributed by atoms with Crippen LogP contribution in [0, 0.1) is 5.41 Å². The molecule has 2 amide bonds. The lowest BCUT2D eigenvalue weighted by Gasteiger charge is -2.49. The number of hydrogen-bond acceptors (Lipinski definition) is 17. The number of nitrogens with two attached hydrogens (primary N) is 4. The molecule has 0 bridgehead atoms. The van der Waals surface area contributed by atoms with Gasteiger partial charge in [-0.1, -0.05) is 5.16 Å². The predicted octanol–water partition coefficient (Wildman–Crippen LogP) is -3.99. The Labute approximate surface area is 290 Å². The highest BCUT2D eigenvalue weighted by molar-refractivity contribution is 8.00. The predicted molar refractivity (Wildman–Crippen MR) is 174 cm³/mol. The number of guanidine groups is 1. The van der Waals surface area contributed by atoms with E-state index in [-0.39, 0.29) is 40.7 Å². The van der Waals surface area contributed by atoms with Gasteiger partial charge in [0.2, 0.25) is 34.2 Å². The molecule has 1 saturated heterocycles. The van der Waals surface area contributed by atoms with E-state index in [4.69, 9.17) is 55.8 Å². The number of amides is 2. The van der Waals surface area contributed by atoms with E-state index in [9.17, 15) is 24.3 Å². The van der Waals surface area contributed by atoms with E-state index < -0.39 is 57.4 Å². The Hall–Kier alpha value is -5.09. The van der Waals surface area contributed by atoms with Crippen molar-refractivity contribution in [2.24, 2.45) is 23.7 Å². The molecule has 0 aliphatic carbocycles. The van der Waals surface area contributed by atoms with Crippen molar-refractivity contribution in [1.82, 2.24) is 24.3 Å². The summed E-state index contributed by atoms with van der Waals surface area (Å²) < 4.78 is 40.0. The number of carbonyl (C=O) groups excluding carboxylic acids is 2. The third-order valence-corrected chi connectivity index (χ3v) is 8.73. The number of oxime groups is 1. The summed E-state index contributed by atoms with van der Waals surface area (Å²) in [5.41, 5.74) is 23.4. The molecule has 27 heteroatoms. The second-order valence-electron chi connectivity index (χ2n) is 10.2. The van der Waals surface area contributed by atoms with Gasteiger partial charge in [0, 0.05) is 29.4 Å². The monoisotopic (exact) mass is 763 g/mol. The Morgan fingerprint density at radius 3 is 2.50 bits per heavy atom. The molecule has 2 aliphatic rings. The van der Waals surface area contributed by atoms with Crippen LogP contribution in [-0.2, 0) is 48.0 Å². The molecule has 4 rings (SSSR count). The summed E-state index contributed by atoms with van der Waals surface area (Å²) in [6.07, 6.45) is 0.765. The first kappa shape index (κ1) is 39.3. The minimum Gasteiger partial charge on any atom is -0.726 e. The largest absolute Gasteiger partial charge is 0.726 e. The molecule has 0 radical (unpaired) electrons. The Kier molecular flexibility index (Phi) is 12.7. The molecule has 274 valence electrons. The van der Waals surface area contributed by atoms with Crippen LogP contribution in [0.2, 0.25) is 0 Å². The van der Waals surface area contributed by atoms with Crippen molar-refractivity contribution in [1.29, 1.82) is 5.41 Å². The average Bonchev–Trinajstić information content (AvgIpc) is 3.56. The number of nitrogen functional groups attached to an aromatic ring is 2. The molecular weight excluding hydrogens is 731 g/mol. The molecule has 2 aromatic rings. The number of rotatable bonds is 13. The van der Waals surface area contributed by atoms with Crippen molar-refractivity contribution in [2.75, 3.05) is 35.2 Å². The van der Waals surface area contributed by atoms with Crippen LogP contribution in [0.15, 0.2) is 22.6 Å². The minimum atomic E-state index is -4.92. The van der Waals surface area contributed by atoms with Gasteiger partial charge in [0.15, 0.2) is 29.1 Å². The molecule has 2 unspecified atom stereocenters. The number of β-lactam (4-membered cyclic amide) rings is 1. The summed E-state index contributed by atoms with van der Waals surface area (Å²) in [5.74, 6) is -4.35. The number of aliphatic carboxylic acids is 2. The number of thioether (sulfide) groups is 1. The van der Waals surface area contributed by atoms with Gasteiger partial charge < -0.3 is 52.8 Å². The van der Waals surface area contributed by atoms with Gasteiger partial charge in [0.05, 0.1) is 7.05 Å². The summed E-state index contributed by atoms with van der Waals surface area (Å²) in [7, 11) is -3.26. The van der Waals surface area contributed by atoms with E-state index in [2.05, 4.69) is 19.8 Å². The van der Waals surface area contributed by atoms with Gasteiger partial charge in [0.1, 0.15) is 17.1 Å². The molecule has 2 aromatic heterocycles. The van der Waals surface area contributed by atoms with Gasteiger partial charge in [-0.05, 0) is 19.9 Å². The zero-order valence-electron chi connectivity index (χ0n) is 26.1. The van der Waals surface area contributed by atoms with Gasteiger partial charge >= 0.3 is 11.9 Å². The van der Waals surface area contributed by atoms with Crippen LogP contribution >= 0.6 is 23.3 Å². The Morgan fingerprint density at radius 2 is 1.98 bits per heavy atom. The number of aromatic nitrogens is 4. The summed E-state index contributed by atoms with van der Waals surface area (Å²) in [6, 6.07) is -1.15. The molecule has 13 N–H and O–H groups in total. The molecule has 1 fully saturated rings. The van der Waals surface area contributed by atoms with Crippen LogP contribution in [0.25, 0.3) is 0 Å². The van der Waals surface area contributed by atoms with E-state index in [1.807, 2.05) is 0 Å². The lowest BCUT2D eigenvalue weighted by atomic mass is 10.0. The van der Waals surface area contributed by atoms with Crippen molar-refractivity contribution < 1.29 is 56.4 Å². The van der Waals surface area contributed by atoms with Crippen molar-refractivity contribution in [3.63, 3.8) is 0 Å². The van der Waals surface area contributed by atoms with Crippen molar-refractivity contribution in [3.8, 4) is 0 Å². The number of anilines is 3. The standard InChI is InChI=1S/C23H31N13O7S2.H2O4S/c1-9(20(39)40)43-31-12(16-30-23(28)45-32-16)17(37)29-13-18(38)36-14(21(41)42)10(8-44-19(13)36)6-34-7-11(15(25)33(34)2)35(22(26)27)5-3-4-24;1-5(2,3)4/h7,9,13,19,25H,3-6,8,24H2,1-2H3,(H8,26,27,28,29,30,32,37,39,40,41,42);(H2,1,2,3,4)/b31-12+;/t9?,13-,19?;/m1./s1. The van der Waals surface area contributed by atoms with Crippen LogP contribution in [0.1, 0.15) is 19.2 Å². The summed E-state index contributed by atoms with van der Waals surface area (Å²) in [4.78, 5) is 61.4. The van der Waals surface area contributed by atoms with Gasteiger partial charge in [-0.2, -0.15) is 9.36 Å². The second kappa shape index (κ2) is 16.1. The summed E-state index contributed by atoms with van der Waals surface area (Å²) >= 11 is 1.99. The third-order valence-electron chi connectivity index (χ3n) is 6.84. The second-order valence-corrected chi connectivity index (χ2v) is 13.0. The Bertz CT molecular complexity index is 1830. The molecule has 50 heavy (non-hydrogen) atoms. The van der Waals surface area contributed by atoms with E-state index in [0.717, 1.165) is 16.4 Å². The van der Waals surface area contributed by atoms with Gasteiger partial charge in [-0.25, -0.2) is 18.0 Å². The van der Waals surface area contributed by atoms with E-state index in [0.29, 0.717) is 30.8 Å². The number of carbonyl (C=O) groups is 4. The molecule has 0 spiro atoms. The maximum Gasteiger partial charge on any atom is 0.352 e. The molecule has 24 nitrogen and oxygen atoms in total. The number of fused-ring (bicyclic) bond motifs is 1. The zero-order chi connectivity index (χ0) is 37.7. The highest BCUT2D eigenvalue weighted by Gasteiger charge is 2.55. The van der Waals surface area contributed by atoms with Crippen LogP contribution < -0.4 is 37.8 Å². The number of carboxylic acids is 2. The average molecular weight is 764 g/mol. The highest BCUT2D eigenvalue weighted by Crippen LogP contribution is 2.40. The lowest BCUT2D eigenvalue weighted by Crippen LogP contribution is -2.71. The normalized spacial score (nSPS) is 17.9.